The minimum atomic E-state index is -0.193. The van der Waals surface area contributed by atoms with E-state index in [9.17, 15) is 4.79 Å². The molecule has 0 aliphatic carbocycles. The van der Waals surface area contributed by atoms with Crippen LogP contribution in [-0.4, -0.2) is 14.3 Å². The first-order chi connectivity index (χ1) is 12.1. The summed E-state index contributed by atoms with van der Waals surface area (Å²) in [6, 6.07) is 20.9. The molecule has 0 amide bonds. The van der Waals surface area contributed by atoms with Crippen LogP contribution in [-0.2, 0) is 14.1 Å². The summed E-state index contributed by atoms with van der Waals surface area (Å²) >= 11 is 0. The molecule has 0 saturated heterocycles. The summed E-state index contributed by atoms with van der Waals surface area (Å²) in [5, 5.41) is 4.61. The molecule has 0 spiro atoms. The van der Waals surface area contributed by atoms with Crippen LogP contribution in [0.2, 0.25) is 0 Å². The van der Waals surface area contributed by atoms with Gasteiger partial charge in [0.1, 0.15) is 11.4 Å². The molecule has 0 bridgehead atoms. The Bertz CT molecular complexity index is 1100. The molecule has 4 rings (SSSR count). The molecule has 0 aliphatic rings. The van der Waals surface area contributed by atoms with E-state index in [2.05, 4.69) is 5.10 Å². The molecule has 4 aromatic rings. The minimum Gasteiger partial charge on any atom is -0.451 e. The number of hydrogen-bond acceptors (Lipinski definition) is 3. The quantitative estimate of drug-likeness (QED) is 0.575. The first-order valence-electron chi connectivity index (χ1n) is 8.00. The van der Waals surface area contributed by atoms with E-state index in [1.165, 1.54) is 0 Å². The first-order valence-corrected chi connectivity index (χ1v) is 8.00. The largest absolute Gasteiger partial charge is 0.451 e. The molecule has 2 aromatic carbocycles. The summed E-state index contributed by atoms with van der Waals surface area (Å²) in [5.41, 5.74) is 3.19. The SMILES string of the molecule is Cn1nc(-c2ccccc2)c2c1cc(Oc1ccccc1)c(=O)n2C. The summed E-state index contributed by atoms with van der Waals surface area (Å²) in [6.45, 7) is 0. The summed E-state index contributed by atoms with van der Waals surface area (Å²) in [6.07, 6.45) is 0. The highest BCUT2D eigenvalue weighted by Crippen LogP contribution is 2.29. The van der Waals surface area contributed by atoms with Crippen LogP contribution in [0.3, 0.4) is 0 Å². The van der Waals surface area contributed by atoms with E-state index in [0.29, 0.717) is 5.75 Å². The number of hydrogen-bond donors (Lipinski definition) is 0. The zero-order valence-electron chi connectivity index (χ0n) is 14.0. The lowest BCUT2D eigenvalue weighted by Gasteiger charge is -2.09. The third-order valence-electron chi connectivity index (χ3n) is 4.20. The highest BCUT2D eigenvalue weighted by atomic mass is 16.5. The molecule has 5 heteroatoms. The lowest BCUT2D eigenvalue weighted by molar-refractivity contribution is 0.471. The van der Waals surface area contributed by atoms with Gasteiger partial charge in [0.2, 0.25) is 0 Å². The van der Waals surface area contributed by atoms with Crippen molar-refractivity contribution in [1.82, 2.24) is 14.3 Å². The lowest BCUT2D eigenvalue weighted by Crippen LogP contribution is -2.18. The summed E-state index contributed by atoms with van der Waals surface area (Å²) in [5.74, 6) is 0.910. The number of ether oxygens (including phenoxy) is 1. The molecular weight excluding hydrogens is 314 g/mol. The highest BCUT2D eigenvalue weighted by Gasteiger charge is 2.17. The molecule has 0 N–H and O–H groups in total. The molecule has 2 heterocycles. The van der Waals surface area contributed by atoms with E-state index in [1.807, 2.05) is 67.7 Å². The Morgan fingerprint density at radius 3 is 2.24 bits per heavy atom. The van der Waals surface area contributed by atoms with Gasteiger partial charge in [0, 0.05) is 25.7 Å². The first kappa shape index (κ1) is 15.2. The van der Waals surface area contributed by atoms with Gasteiger partial charge in [-0.25, -0.2) is 0 Å². The van der Waals surface area contributed by atoms with Crippen LogP contribution < -0.4 is 10.3 Å². The Morgan fingerprint density at radius 1 is 0.920 bits per heavy atom. The molecule has 0 aliphatic heterocycles. The van der Waals surface area contributed by atoms with E-state index in [4.69, 9.17) is 4.74 Å². The molecular formula is C20H17N3O2. The Kier molecular flexibility index (Phi) is 3.61. The number of benzene rings is 2. The number of para-hydroxylation sites is 1. The Hall–Kier alpha value is -3.34. The van der Waals surface area contributed by atoms with Crippen LogP contribution >= 0.6 is 0 Å². The van der Waals surface area contributed by atoms with Crippen molar-refractivity contribution in [1.29, 1.82) is 0 Å². The van der Waals surface area contributed by atoms with Crippen molar-refractivity contribution < 1.29 is 4.74 Å². The van der Waals surface area contributed by atoms with Crippen molar-refractivity contribution in [2.45, 2.75) is 0 Å². The maximum Gasteiger partial charge on any atom is 0.293 e. The van der Waals surface area contributed by atoms with Crippen molar-refractivity contribution in [3.8, 4) is 22.8 Å². The average molecular weight is 331 g/mol. The van der Waals surface area contributed by atoms with Crippen LogP contribution in [0.25, 0.3) is 22.3 Å². The average Bonchev–Trinajstić information content (AvgIpc) is 2.98. The number of aryl methyl sites for hydroxylation is 2. The molecule has 5 nitrogen and oxygen atoms in total. The zero-order valence-corrected chi connectivity index (χ0v) is 14.0. The van der Waals surface area contributed by atoms with Gasteiger partial charge >= 0.3 is 0 Å². The van der Waals surface area contributed by atoms with E-state index >= 15 is 0 Å². The summed E-state index contributed by atoms with van der Waals surface area (Å²) < 4.78 is 9.17. The van der Waals surface area contributed by atoms with Gasteiger partial charge in [-0.15, -0.1) is 0 Å². The topological polar surface area (TPSA) is 49.1 Å². The normalized spacial score (nSPS) is 11.0. The third kappa shape index (κ3) is 2.59. The van der Waals surface area contributed by atoms with Gasteiger partial charge in [0.05, 0.1) is 11.0 Å². The van der Waals surface area contributed by atoms with Crippen LogP contribution in [0.15, 0.2) is 71.5 Å². The van der Waals surface area contributed by atoms with Gasteiger partial charge in [-0.3, -0.25) is 9.48 Å². The molecule has 0 radical (unpaired) electrons. The molecule has 0 fully saturated rings. The molecule has 2 aromatic heterocycles. The fraction of sp³-hybridized carbons (Fsp3) is 0.100. The number of aromatic nitrogens is 3. The van der Waals surface area contributed by atoms with Gasteiger partial charge < -0.3 is 9.30 Å². The monoisotopic (exact) mass is 331 g/mol. The van der Waals surface area contributed by atoms with E-state index in [0.717, 1.165) is 22.3 Å². The van der Waals surface area contributed by atoms with Crippen LogP contribution in [0.1, 0.15) is 0 Å². The van der Waals surface area contributed by atoms with E-state index in [-0.39, 0.29) is 11.3 Å². The standard InChI is InChI=1S/C20H17N3O2/c1-22-19-16(23(2)21-18(19)14-9-5-3-6-10-14)13-17(20(22)24)25-15-11-7-4-8-12-15/h3-13H,1-2H3. The Labute approximate surface area is 144 Å². The van der Waals surface area contributed by atoms with Crippen LogP contribution in [0.4, 0.5) is 0 Å². The summed E-state index contributed by atoms with van der Waals surface area (Å²) in [7, 11) is 3.61. The van der Waals surface area contributed by atoms with Gasteiger partial charge in [-0.2, -0.15) is 5.10 Å². The molecule has 124 valence electrons. The molecule has 25 heavy (non-hydrogen) atoms. The van der Waals surface area contributed by atoms with Gasteiger partial charge in [0.25, 0.3) is 5.56 Å². The fourth-order valence-corrected chi connectivity index (χ4v) is 2.95. The molecule has 0 unspecified atom stereocenters. The van der Waals surface area contributed by atoms with Crippen molar-refractivity contribution in [2.24, 2.45) is 14.1 Å². The molecule has 0 saturated carbocycles. The second kappa shape index (κ2) is 5.94. The maximum absolute atomic E-state index is 12.8. The minimum absolute atomic E-state index is 0.193. The van der Waals surface area contributed by atoms with E-state index < -0.39 is 0 Å². The van der Waals surface area contributed by atoms with Gasteiger partial charge in [-0.1, -0.05) is 48.5 Å². The summed E-state index contributed by atoms with van der Waals surface area (Å²) in [4.78, 5) is 12.8. The fourth-order valence-electron chi connectivity index (χ4n) is 2.95. The number of rotatable bonds is 3. The Balaban J connectivity index is 1.92. The number of fused-ring (bicyclic) bond motifs is 1. The van der Waals surface area contributed by atoms with Gasteiger partial charge in [0.15, 0.2) is 5.75 Å². The van der Waals surface area contributed by atoms with Crippen molar-refractivity contribution in [3.63, 3.8) is 0 Å². The third-order valence-corrected chi connectivity index (χ3v) is 4.20. The second-order valence-electron chi connectivity index (χ2n) is 5.86. The molecule has 0 atom stereocenters. The van der Waals surface area contributed by atoms with Crippen LogP contribution in [0, 0.1) is 0 Å². The predicted molar refractivity (Wildman–Crippen MR) is 97.9 cm³/mol. The highest BCUT2D eigenvalue weighted by molar-refractivity contribution is 5.91. The maximum atomic E-state index is 12.8. The number of nitrogens with zero attached hydrogens (tertiary/aromatic N) is 3. The number of pyridine rings is 1. The van der Waals surface area contributed by atoms with Crippen molar-refractivity contribution in [3.05, 3.63) is 77.1 Å². The van der Waals surface area contributed by atoms with Crippen LogP contribution in [0.5, 0.6) is 11.5 Å². The lowest BCUT2D eigenvalue weighted by atomic mass is 10.1. The van der Waals surface area contributed by atoms with Crippen molar-refractivity contribution in [2.75, 3.05) is 0 Å². The predicted octanol–water partition coefficient (Wildman–Crippen LogP) is 3.73. The van der Waals surface area contributed by atoms with E-state index in [1.54, 1.807) is 22.4 Å². The van der Waals surface area contributed by atoms with Gasteiger partial charge in [-0.05, 0) is 12.1 Å². The zero-order chi connectivity index (χ0) is 17.4. The Morgan fingerprint density at radius 2 is 1.56 bits per heavy atom. The smallest absolute Gasteiger partial charge is 0.293 e. The second-order valence-corrected chi connectivity index (χ2v) is 5.86. The van der Waals surface area contributed by atoms with Crippen molar-refractivity contribution >= 4 is 11.0 Å².